The van der Waals surface area contributed by atoms with Crippen molar-refractivity contribution in [3.05, 3.63) is 34.1 Å². The first-order chi connectivity index (χ1) is 13.1. The van der Waals surface area contributed by atoms with E-state index in [1.807, 2.05) is 18.7 Å². The van der Waals surface area contributed by atoms with Crippen LogP contribution in [0.15, 0.2) is 12.1 Å². The third-order valence-corrected chi connectivity index (χ3v) is 5.87. The van der Waals surface area contributed by atoms with Gasteiger partial charge in [0.15, 0.2) is 10.9 Å². The van der Waals surface area contributed by atoms with Gasteiger partial charge in [0, 0.05) is 44.2 Å². The predicted molar refractivity (Wildman–Crippen MR) is 106 cm³/mol. The number of thiazole rings is 1. The Kier molecular flexibility index (Phi) is 5.69. The summed E-state index contributed by atoms with van der Waals surface area (Å²) < 4.78 is 14.8. The first-order valence-corrected chi connectivity index (χ1v) is 9.79. The van der Waals surface area contributed by atoms with Crippen LogP contribution in [0.5, 0.6) is 0 Å². The van der Waals surface area contributed by atoms with Gasteiger partial charge in [-0.3, -0.25) is 10.1 Å². The molecule has 2 aromatic rings. The summed E-state index contributed by atoms with van der Waals surface area (Å²) in [4.78, 5) is 18.4. The van der Waals surface area contributed by atoms with Crippen molar-refractivity contribution in [2.45, 2.75) is 26.7 Å². The molecule has 0 atom stereocenters. The van der Waals surface area contributed by atoms with Crippen LogP contribution in [-0.2, 0) is 0 Å². The predicted octanol–water partition coefficient (Wildman–Crippen LogP) is 3.31. The Hall–Kier alpha value is -2.11. The van der Waals surface area contributed by atoms with Gasteiger partial charge in [-0.05, 0) is 26.7 Å². The van der Waals surface area contributed by atoms with Crippen molar-refractivity contribution in [1.82, 2.24) is 14.9 Å². The molecule has 1 aliphatic rings. The molecule has 0 unspecified atom stereocenters. The molecule has 28 heavy (non-hydrogen) atoms. The number of nitrogens with zero attached hydrogens (tertiary/aromatic N) is 4. The summed E-state index contributed by atoms with van der Waals surface area (Å²) in [6.45, 7) is 5.18. The lowest BCUT2D eigenvalue weighted by molar-refractivity contribution is -0.389. The molecule has 1 amide bonds. The van der Waals surface area contributed by atoms with Crippen LogP contribution in [0.4, 0.5) is 20.9 Å². The average molecular weight is 410 g/mol. The fraction of sp³-hybridized carbons (Fsp3) is 0.444. The average Bonchev–Trinajstić information content (AvgIpc) is 3.24. The first kappa shape index (κ1) is 20.6. The van der Waals surface area contributed by atoms with E-state index in [1.54, 1.807) is 0 Å². The molecule has 1 saturated heterocycles. The summed E-state index contributed by atoms with van der Waals surface area (Å²) in [5.41, 5.74) is 0.981. The van der Waals surface area contributed by atoms with Crippen LogP contribution in [0, 0.1) is 19.7 Å². The van der Waals surface area contributed by atoms with Crippen LogP contribution in [0.2, 0.25) is 0 Å². The molecule has 0 spiro atoms. The molecule has 0 saturated carbocycles. The Bertz CT molecular complexity index is 874. The van der Waals surface area contributed by atoms with Gasteiger partial charge in [0.25, 0.3) is 11.6 Å². The second-order valence-corrected chi connectivity index (χ2v) is 8.25. The number of hydrogen-bond donors (Lipinski definition) is 3. The molecule has 1 aromatic carbocycles. The molecule has 0 aliphatic carbocycles. The van der Waals surface area contributed by atoms with Gasteiger partial charge in [0.05, 0.1) is 21.9 Å². The fourth-order valence-electron chi connectivity index (χ4n) is 3.09. The molecule has 3 rings (SSSR count). The summed E-state index contributed by atoms with van der Waals surface area (Å²) in [6, 6.07) is 2.38. The highest BCUT2D eigenvalue weighted by Gasteiger charge is 2.37. The summed E-state index contributed by atoms with van der Waals surface area (Å²) >= 11 is 1.35. The minimum Gasteiger partial charge on any atom is -0.371 e. The lowest BCUT2D eigenvalue weighted by atomic mass is 10.1. The van der Waals surface area contributed by atoms with Gasteiger partial charge in [-0.25, -0.2) is 4.98 Å². The number of carbonyl (C=O) groups is 1. The number of quaternary nitrogens is 1. The second-order valence-electron chi connectivity index (χ2n) is 7.05. The van der Waals surface area contributed by atoms with Crippen LogP contribution < -0.4 is 15.1 Å². The van der Waals surface area contributed by atoms with Crippen molar-refractivity contribution in [3.8, 4) is 0 Å². The number of benzene rings is 1. The zero-order valence-electron chi connectivity index (χ0n) is 16.4. The monoisotopic (exact) mass is 410 g/mol. The highest BCUT2D eigenvalue weighted by Crippen LogP contribution is 2.34. The maximum atomic E-state index is 14.8. The molecule has 10 heteroatoms. The van der Waals surface area contributed by atoms with Crippen LogP contribution in [-0.4, -0.2) is 53.5 Å². The Labute approximate surface area is 166 Å². The second kappa shape index (κ2) is 7.72. The Morgan fingerprint density at radius 2 is 1.93 bits per heavy atom. The highest BCUT2D eigenvalue weighted by atomic mass is 32.1. The fourth-order valence-corrected chi connectivity index (χ4v) is 3.90. The van der Waals surface area contributed by atoms with Crippen molar-refractivity contribution in [2.24, 2.45) is 0 Å². The van der Waals surface area contributed by atoms with Crippen molar-refractivity contribution in [3.63, 3.8) is 0 Å². The quantitative estimate of drug-likeness (QED) is 0.518. The van der Waals surface area contributed by atoms with E-state index in [2.05, 4.69) is 10.3 Å². The molecule has 1 aliphatic heterocycles. The number of amides is 1. The number of aromatic nitrogens is 1. The zero-order valence-corrected chi connectivity index (χ0v) is 17.2. The lowest BCUT2D eigenvalue weighted by Gasteiger charge is -2.27. The van der Waals surface area contributed by atoms with Gasteiger partial charge in [0.1, 0.15) is 0 Å². The maximum Gasteiger partial charge on any atom is 0.259 e. The van der Waals surface area contributed by atoms with Gasteiger partial charge in [-0.1, -0.05) is 5.01 Å². The van der Waals surface area contributed by atoms with Crippen LogP contribution in [0.1, 0.15) is 33.8 Å². The molecule has 0 bridgehead atoms. The van der Waals surface area contributed by atoms with Crippen molar-refractivity contribution >= 4 is 33.8 Å². The number of carbonyl (C=O) groups excluding carboxylic acids is 1. The summed E-state index contributed by atoms with van der Waals surface area (Å²) in [6.07, 6.45) is 1.90. The van der Waals surface area contributed by atoms with E-state index in [0.29, 0.717) is 23.9 Å². The topological polar surface area (TPSA) is 88.9 Å². The van der Waals surface area contributed by atoms with Gasteiger partial charge in [-0.2, -0.15) is 14.8 Å². The largest absolute Gasteiger partial charge is 0.371 e. The lowest BCUT2D eigenvalue weighted by Crippen LogP contribution is -2.53. The van der Waals surface area contributed by atoms with E-state index in [9.17, 15) is 19.6 Å². The van der Waals surface area contributed by atoms with Gasteiger partial charge in [0.2, 0.25) is 0 Å². The first-order valence-electron chi connectivity index (χ1n) is 8.98. The molecule has 1 aromatic heterocycles. The van der Waals surface area contributed by atoms with Gasteiger partial charge >= 0.3 is 0 Å². The van der Waals surface area contributed by atoms with Crippen LogP contribution in [0.25, 0.3) is 0 Å². The van der Waals surface area contributed by atoms with E-state index in [-0.39, 0.29) is 5.56 Å². The van der Waals surface area contributed by atoms with E-state index in [0.717, 1.165) is 28.4 Å². The van der Waals surface area contributed by atoms with E-state index < -0.39 is 22.3 Å². The number of hydrogen-bond acceptors (Lipinski definition) is 7. The summed E-state index contributed by atoms with van der Waals surface area (Å²) in [5, 5.41) is 24.7. The Morgan fingerprint density at radius 3 is 2.46 bits per heavy atom. The summed E-state index contributed by atoms with van der Waals surface area (Å²) in [7, 11) is 2.77. The number of aryl methyl sites for hydroxylation is 2. The van der Waals surface area contributed by atoms with Crippen LogP contribution >= 0.6 is 11.3 Å². The van der Waals surface area contributed by atoms with Crippen molar-refractivity contribution < 1.29 is 19.6 Å². The molecule has 1 fully saturated rings. The molecule has 152 valence electrons. The minimum atomic E-state index is -1.80. The molecule has 0 radical (unpaired) electrons. The number of nitrogens with one attached hydrogen (secondary N) is 1. The SMILES string of the molecule is Cc1nc(NC(=O)c2cc([N+](O)(O)N(C)C)c(F)cc2N2CCCC2)sc1C. The third-order valence-electron chi connectivity index (χ3n) is 4.89. The van der Waals surface area contributed by atoms with Crippen molar-refractivity contribution in [2.75, 3.05) is 37.4 Å². The third kappa shape index (κ3) is 3.87. The standard InChI is InChI=1S/C18H24FN5O3S/c1-11-12(2)28-18(20-11)21-17(25)13-9-16(24(26,27)22(3)4)14(19)10-15(13)23-7-5-6-8-23/h9-10,26-27H,5-8H2,1-4H3/p+1. The molecular formula is C18H25FN5O3S+. The number of anilines is 2. The normalized spacial score (nSPS) is 14.8. The van der Waals surface area contributed by atoms with E-state index >= 15 is 0 Å². The Balaban J connectivity index is 2.05. The molecular weight excluding hydrogens is 385 g/mol. The molecule has 3 N–H and O–H groups in total. The van der Waals surface area contributed by atoms with E-state index in [1.165, 1.54) is 37.6 Å². The minimum absolute atomic E-state index is 0.163. The van der Waals surface area contributed by atoms with Gasteiger partial charge < -0.3 is 4.90 Å². The number of rotatable bonds is 5. The van der Waals surface area contributed by atoms with Crippen LogP contribution in [0.3, 0.4) is 0 Å². The van der Waals surface area contributed by atoms with E-state index in [4.69, 9.17) is 0 Å². The Morgan fingerprint density at radius 1 is 1.29 bits per heavy atom. The number of halogens is 1. The highest BCUT2D eigenvalue weighted by molar-refractivity contribution is 7.15. The van der Waals surface area contributed by atoms with Crippen molar-refractivity contribution in [1.29, 1.82) is 0 Å². The van der Waals surface area contributed by atoms with Gasteiger partial charge in [-0.15, -0.1) is 11.3 Å². The maximum absolute atomic E-state index is 14.8. The summed E-state index contributed by atoms with van der Waals surface area (Å²) in [5.74, 6) is -1.28. The molecule has 2 heterocycles. The smallest absolute Gasteiger partial charge is 0.259 e. The zero-order chi connectivity index (χ0) is 20.6. The molecule has 8 nitrogen and oxygen atoms in total.